The summed E-state index contributed by atoms with van der Waals surface area (Å²) in [4.78, 5) is 15.2. The van der Waals surface area contributed by atoms with Crippen LogP contribution in [0.2, 0.25) is 0 Å². The second-order valence-corrected chi connectivity index (χ2v) is 9.37. The molecule has 4 nitrogen and oxygen atoms in total. The number of benzene rings is 3. The number of carbonyl (C=O) groups excluding carboxylic acids is 1. The highest BCUT2D eigenvalue weighted by atomic mass is 32.2. The van der Waals surface area contributed by atoms with Crippen LogP contribution in [-0.2, 0) is 11.3 Å². The van der Waals surface area contributed by atoms with Gasteiger partial charge in [0.1, 0.15) is 16.9 Å². The zero-order valence-corrected chi connectivity index (χ0v) is 18.0. The molecule has 4 rings (SSSR count). The van der Waals surface area contributed by atoms with Gasteiger partial charge in [-0.1, -0.05) is 42.5 Å². The van der Waals surface area contributed by atoms with Crippen molar-refractivity contribution in [1.82, 2.24) is 4.90 Å². The van der Waals surface area contributed by atoms with Gasteiger partial charge in [-0.2, -0.15) is 0 Å². The molecule has 1 fully saturated rings. The normalized spacial score (nSPS) is 18.3. The van der Waals surface area contributed by atoms with Crippen LogP contribution in [0.25, 0.3) is 10.8 Å². The summed E-state index contributed by atoms with van der Waals surface area (Å²) in [7, 11) is 3.30. The summed E-state index contributed by atoms with van der Waals surface area (Å²) < 4.78 is 10.7. The summed E-state index contributed by atoms with van der Waals surface area (Å²) in [5.74, 6) is 1.58. The first-order chi connectivity index (χ1) is 13.9. The second-order valence-electron chi connectivity index (χ2n) is 7.67. The van der Waals surface area contributed by atoms with Gasteiger partial charge < -0.3 is 14.4 Å². The highest BCUT2D eigenvalue weighted by molar-refractivity contribution is 8.02. The van der Waals surface area contributed by atoms with Crippen LogP contribution in [0.4, 0.5) is 0 Å². The Kier molecular flexibility index (Phi) is 5.17. The average Bonchev–Trinajstić information content (AvgIpc) is 2.96. The van der Waals surface area contributed by atoms with E-state index in [1.54, 1.807) is 26.0 Å². The molecule has 1 heterocycles. The van der Waals surface area contributed by atoms with Crippen LogP contribution >= 0.6 is 11.8 Å². The Morgan fingerprint density at radius 1 is 0.931 bits per heavy atom. The molecule has 1 atom stereocenters. The molecule has 0 bridgehead atoms. The summed E-state index contributed by atoms with van der Waals surface area (Å²) in [5, 5.41) is 2.19. The number of rotatable bonds is 5. The van der Waals surface area contributed by atoms with Gasteiger partial charge in [0.2, 0.25) is 5.91 Å². The maximum Gasteiger partial charge on any atom is 0.239 e. The van der Waals surface area contributed by atoms with Crippen molar-refractivity contribution in [3.63, 3.8) is 0 Å². The highest BCUT2D eigenvalue weighted by Crippen LogP contribution is 2.54. The molecular formula is C24H25NO3S. The Morgan fingerprint density at radius 3 is 2.24 bits per heavy atom. The molecule has 29 heavy (non-hydrogen) atoms. The van der Waals surface area contributed by atoms with Gasteiger partial charge >= 0.3 is 0 Å². The molecule has 3 aromatic rings. The predicted octanol–water partition coefficient (Wildman–Crippen LogP) is 5.41. The van der Waals surface area contributed by atoms with Crippen LogP contribution in [0.3, 0.4) is 0 Å². The maximum atomic E-state index is 13.3. The van der Waals surface area contributed by atoms with E-state index < -0.39 is 4.75 Å². The summed E-state index contributed by atoms with van der Waals surface area (Å²) in [6, 6.07) is 20.4. The zero-order chi connectivity index (χ0) is 20.6. The van der Waals surface area contributed by atoms with Gasteiger partial charge in [-0.3, -0.25) is 4.79 Å². The third-order valence-electron chi connectivity index (χ3n) is 5.34. The van der Waals surface area contributed by atoms with Crippen molar-refractivity contribution in [2.45, 2.75) is 30.5 Å². The SMILES string of the molecule is COc1cccc(OC)c1C1SC(C)(C)C(=O)N1Cc1ccc2ccccc2c1. The number of fused-ring (bicyclic) bond motifs is 1. The number of amides is 1. The van der Waals surface area contributed by atoms with Gasteiger partial charge in [0.05, 0.1) is 24.5 Å². The number of carbonyl (C=O) groups is 1. The summed E-state index contributed by atoms with van der Waals surface area (Å²) in [5.41, 5.74) is 2.01. The smallest absolute Gasteiger partial charge is 0.239 e. The molecule has 150 valence electrons. The van der Waals surface area contributed by atoms with Gasteiger partial charge in [0.15, 0.2) is 0 Å². The van der Waals surface area contributed by atoms with E-state index >= 15 is 0 Å². The average molecular weight is 408 g/mol. The molecule has 1 saturated heterocycles. The van der Waals surface area contributed by atoms with Gasteiger partial charge in [-0.15, -0.1) is 11.8 Å². The first-order valence-electron chi connectivity index (χ1n) is 9.62. The predicted molar refractivity (Wildman–Crippen MR) is 118 cm³/mol. The molecule has 0 aromatic heterocycles. The van der Waals surface area contributed by atoms with Gasteiger partial charge in [0, 0.05) is 6.54 Å². The summed E-state index contributed by atoms with van der Waals surface area (Å²) in [6.45, 7) is 4.50. The molecule has 0 radical (unpaired) electrons. The van der Waals surface area contributed by atoms with Crippen molar-refractivity contribution in [3.8, 4) is 11.5 Å². The summed E-state index contributed by atoms with van der Waals surface area (Å²) >= 11 is 1.64. The van der Waals surface area contributed by atoms with E-state index in [9.17, 15) is 4.79 Å². The first kappa shape index (κ1) is 19.6. The Balaban J connectivity index is 1.76. The number of hydrogen-bond donors (Lipinski definition) is 0. The molecular weight excluding hydrogens is 382 g/mol. The Hall–Kier alpha value is -2.66. The molecule has 3 aromatic carbocycles. The number of nitrogens with zero attached hydrogens (tertiary/aromatic N) is 1. The largest absolute Gasteiger partial charge is 0.496 e. The standard InChI is InChI=1S/C24H25NO3S/c1-24(2)23(26)25(15-16-12-13-17-8-5-6-9-18(17)14-16)22(29-24)21-19(27-3)10-7-11-20(21)28-4/h5-14,22H,15H2,1-4H3. The van der Waals surface area contributed by atoms with E-state index in [1.165, 1.54) is 10.8 Å². The van der Waals surface area contributed by atoms with Crippen LogP contribution in [0.15, 0.2) is 60.7 Å². The molecule has 0 saturated carbocycles. The van der Waals surface area contributed by atoms with Crippen molar-refractivity contribution in [2.24, 2.45) is 0 Å². The zero-order valence-electron chi connectivity index (χ0n) is 17.1. The van der Waals surface area contributed by atoms with E-state index in [0.717, 1.165) is 22.6 Å². The van der Waals surface area contributed by atoms with Crippen molar-refractivity contribution < 1.29 is 14.3 Å². The lowest BCUT2D eigenvalue weighted by Crippen LogP contribution is -2.35. The Labute approximate surface area is 175 Å². The Bertz CT molecular complexity index is 1040. The lowest BCUT2D eigenvalue weighted by Gasteiger charge is -2.27. The minimum absolute atomic E-state index is 0.119. The van der Waals surface area contributed by atoms with Crippen LogP contribution in [-0.4, -0.2) is 29.8 Å². The minimum Gasteiger partial charge on any atom is -0.496 e. The third-order valence-corrected chi connectivity index (χ3v) is 6.82. The molecule has 5 heteroatoms. The van der Waals surface area contributed by atoms with Gasteiger partial charge in [-0.25, -0.2) is 0 Å². The van der Waals surface area contributed by atoms with E-state index in [1.807, 2.05) is 49.1 Å². The van der Waals surface area contributed by atoms with Crippen LogP contribution in [0.1, 0.15) is 30.3 Å². The molecule has 0 spiro atoms. The van der Waals surface area contributed by atoms with Gasteiger partial charge in [-0.05, 0) is 48.4 Å². The van der Waals surface area contributed by atoms with E-state index in [0.29, 0.717) is 6.54 Å². The summed E-state index contributed by atoms with van der Waals surface area (Å²) in [6.07, 6.45) is 0. The minimum atomic E-state index is -0.520. The topological polar surface area (TPSA) is 38.8 Å². The quantitative estimate of drug-likeness (QED) is 0.567. The van der Waals surface area contributed by atoms with Crippen LogP contribution < -0.4 is 9.47 Å². The number of ether oxygens (including phenoxy) is 2. The number of thioether (sulfide) groups is 1. The Morgan fingerprint density at radius 2 is 1.59 bits per heavy atom. The number of methoxy groups -OCH3 is 2. The van der Waals surface area contributed by atoms with E-state index in [2.05, 4.69) is 30.3 Å². The molecule has 1 amide bonds. The highest BCUT2D eigenvalue weighted by Gasteiger charge is 2.48. The fourth-order valence-electron chi connectivity index (χ4n) is 3.87. The number of hydrogen-bond acceptors (Lipinski definition) is 4. The van der Waals surface area contributed by atoms with Crippen LogP contribution in [0.5, 0.6) is 11.5 Å². The van der Waals surface area contributed by atoms with Crippen molar-refractivity contribution in [3.05, 3.63) is 71.8 Å². The van der Waals surface area contributed by atoms with Crippen molar-refractivity contribution >= 4 is 28.4 Å². The van der Waals surface area contributed by atoms with Crippen molar-refractivity contribution in [1.29, 1.82) is 0 Å². The second kappa shape index (κ2) is 7.64. The fourth-order valence-corrected chi connectivity index (χ4v) is 5.30. The van der Waals surface area contributed by atoms with Crippen LogP contribution in [0, 0.1) is 0 Å². The van der Waals surface area contributed by atoms with E-state index in [-0.39, 0.29) is 11.3 Å². The molecule has 0 N–H and O–H groups in total. The molecule has 1 aliphatic rings. The monoisotopic (exact) mass is 407 g/mol. The van der Waals surface area contributed by atoms with E-state index in [4.69, 9.17) is 9.47 Å². The lowest BCUT2D eigenvalue weighted by molar-refractivity contribution is -0.132. The first-order valence-corrected chi connectivity index (χ1v) is 10.5. The molecule has 1 unspecified atom stereocenters. The lowest BCUT2D eigenvalue weighted by atomic mass is 10.1. The van der Waals surface area contributed by atoms with Crippen molar-refractivity contribution in [2.75, 3.05) is 14.2 Å². The fraction of sp³-hybridized carbons (Fsp3) is 0.292. The van der Waals surface area contributed by atoms with Gasteiger partial charge in [0.25, 0.3) is 0 Å². The molecule has 1 aliphatic heterocycles. The maximum absolute atomic E-state index is 13.3. The third kappa shape index (κ3) is 3.55. The molecule has 0 aliphatic carbocycles.